The third-order valence-corrected chi connectivity index (χ3v) is 3.74. The van der Waals surface area contributed by atoms with E-state index < -0.39 is 0 Å². The van der Waals surface area contributed by atoms with Crippen molar-refractivity contribution in [3.8, 4) is 5.75 Å². The van der Waals surface area contributed by atoms with Gasteiger partial charge in [0, 0.05) is 18.6 Å². The zero-order valence-corrected chi connectivity index (χ0v) is 12.6. The van der Waals surface area contributed by atoms with Gasteiger partial charge >= 0.3 is 0 Å². The summed E-state index contributed by atoms with van der Waals surface area (Å²) in [5, 5.41) is 6.34. The molecule has 0 radical (unpaired) electrons. The number of likely N-dealkylation sites (N-methyl/N-ethyl adjacent to an activating group) is 1. The molecule has 0 bridgehead atoms. The van der Waals surface area contributed by atoms with Crippen LogP contribution in [0, 0.1) is 0 Å². The molecule has 1 amide bonds. The molecule has 0 saturated carbocycles. The maximum Gasteiger partial charge on any atom is 0.262 e. The van der Waals surface area contributed by atoms with Crippen molar-refractivity contribution in [1.29, 1.82) is 0 Å². The first-order chi connectivity index (χ1) is 9.47. The monoisotopic (exact) mass is 277 g/mol. The van der Waals surface area contributed by atoms with Crippen molar-refractivity contribution in [3.05, 3.63) is 23.8 Å². The summed E-state index contributed by atoms with van der Waals surface area (Å²) < 4.78 is 5.36. The molecule has 1 aromatic carbocycles. The molecule has 0 fully saturated rings. The third kappa shape index (κ3) is 3.49. The van der Waals surface area contributed by atoms with Gasteiger partial charge in [0.2, 0.25) is 0 Å². The molecule has 110 valence electrons. The lowest BCUT2D eigenvalue weighted by atomic mass is 10.1. The van der Waals surface area contributed by atoms with E-state index in [1.807, 2.05) is 18.2 Å². The van der Waals surface area contributed by atoms with E-state index in [2.05, 4.69) is 43.5 Å². The molecule has 5 nitrogen and oxygen atoms in total. The van der Waals surface area contributed by atoms with Gasteiger partial charge in [0.05, 0.1) is 5.69 Å². The van der Waals surface area contributed by atoms with Crippen molar-refractivity contribution in [2.75, 3.05) is 32.6 Å². The number of anilines is 1. The minimum atomic E-state index is -0.100. The van der Waals surface area contributed by atoms with Crippen molar-refractivity contribution in [2.45, 2.75) is 25.9 Å². The van der Waals surface area contributed by atoms with Crippen molar-refractivity contribution in [1.82, 2.24) is 10.2 Å². The molecule has 0 aromatic heterocycles. The Morgan fingerprint density at radius 3 is 2.85 bits per heavy atom. The van der Waals surface area contributed by atoms with Crippen LogP contribution < -0.4 is 15.4 Å². The molecule has 2 unspecified atom stereocenters. The Morgan fingerprint density at radius 1 is 1.40 bits per heavy atom. The van der Waals surface area contributed by atoms with Gasteiger partial charge in [-0.05, 0) is 45.6 Å². The average molecular weight is 277 g/mol. The standard InChI is InChI=1S/C15H23N3O2/c1-10(18(3)4)8-16-11(2)12-5-6-14-13(7-12)17-15(19)9-20-14/h5-7,10-11,16H,8-9H2,1-4H3,(H,17,19). The van der Waals surface area contributed by atoms with Crippen LogP contribution in [0.15, 0.2) is 18.2 Å². The lowest BCUT2D eigenvalue weighted by Gasteiger charge is -2.24. The van der Waals surface area contributed by atoms with Gasteiger partial charge in [-0.25, -0.2) is 0 Å². The Labute approximate surface area is 120 Å². The molecule has 0 aliphatic carbocycles. The van der Waals surface area contributed by atoms with E-state index in [4.69, 9.17) is 4.74 Å². The second kappa shape index (κ2) is 6.24. The van der Waals surface area contributed by atoms with E-state index >= 15 is 0 Å². The number of carbonyl (C=O) groups excluding carboxylic acids is 1. The van der Waals surface area contributed by atoms with Crippen molar-refractivity contribution < 1.29 is 9.53 Å². The lowest BCUT2D eigenvalue weighted by molar-refractivity contribution is -0.118. The summed E-state index contributed by atoms with van der Waals surface area (Å²) in [5.74, 6) is 0.638. The fraction of sp³-hybridized carbons (Fsp3) is 0.533. The van der Waals surface area contributed by atoms with Crippen LogP contribution in [-0.4, -0.2) is 44.1 Å². The molecule has 5 heteroatoms. The molecule has 1 heterocycles. The summed E-state index contributed by atoms with van der Waals surface area (Å²) >= 11 is 0. The Bertz CT molecular complexity index is 488. The molecule has 0 saturated heterocycles. The number of fused-ring (bicyclic) bond motifs is 1. The highest BCUT2D eigenvalue weighted by molar-refractivity contribution is 5.95. The number of carbonyl (C=O) groups is 1. The van der Waals surface area contributed by atoms with Crippen molar-refractivity contribution in [2.24, 2.45) is 0 Å². The number of hydrogen-bond donors (Lipinski definition) is 2. The van der Waals surface area contributed by atoms with Gasteiger partial charge in [0.1, 0.15) is 5.75 Å². The molecule has 20 heavy (non-hydrogen) atoms. The largest absolute Gasteiger partial charge is 0.482 e. The Hall–Kier alpha value is -1.59. The lowest BCUT2D eigenvalue weighted by Crippen LogP contribution is -2.36. The first-order valence-electron chi connectivity index (χ1n) is 6.93. The van der Waals surface area contributed by atoms with Crippen LogP contribution in [0.5, 0.6) is 5.75 Å². The Kier molecular flexibility index (Phi) is 4.62. The molecule has 2 N–H and O–H groups in total. The first-order valence-corrected chi connectivity index (χ1v) is 6.93. The van der Waals surface area contributed by atoms with Gasteiger partial charge in [0.25, 0.3) is 5.91 Å². The highest BCUT2D eigenvalue weighted by Gasteiger charge is 2.17. The molecule has 1 aromatic rings. The van der Waals surface area contributed by atoms with Gasteiger partial charge in [-0.1, -0.05) is 6.07 Å². The predicted octanol–water partition coefficient (Wildman–Crippen LogP) is 1.62. The number of amides is 1. The van der Waals surface area contributed by atoms with E-state index in [-0.39, 0.29) is 18.6 Å². The molecule has 1 aliphatic heterocycles. The minimum absolute atomic E-state index is 0.0977. The molecular weight excluding hydrogens is 254 g/mol. The summed E-state index contributed by atoms with van der Waals surface area (Å²) in [6, 6.07) is 6.62. The molecule has 2 rings (SSSR count). The highest BCUT2D eigenvalue weighted by Crippen LogP contribution is 2.30. The van der Waals surface area contributed by atoms with Gasteiger partial charge in [0.15, 0.2) is 6.61 Å². The fourth-order valence-corrected chi connectivity index (χ4v) is 2.02. The SMILES string of the molecule is CC(NCC(C)N(C)C)c1ccc2c(c1)NC(=O)CO2. The normalized spacial score (nSPS) is 17.1. The van der Waals surface area contributed by atoms with Crippen LogP contribution in [0.25, 0.3) is 0 Å². The van der Waals surface area contributed by atoms with Crippen molar-refractivity contribution in [3.63, 3.8) is 0 Å². The van der Waals surface area contributed by atoms with E-state index in [9.17, 15) is 4.79 Å². The minimum Gasteiger partial charge on any atom is -0.482 e. The molecule has 0 spiro atoms. The summed E-state index contributed by atoms with van der Waals surface area (Å²) in [6.45, 7) is 5.31. The molecular formula is C15H23N3O2. The number of benzene rings is 1. The van der Waals surface area contributed by atoms with Crippen LogP contribution in [0.1, 0.15) is 25.5 Å². The molecule has 1 aliphatic rings. The van der Waals surface area contributed by atoms with Gasteiger partial charge in [-0.2, -0.15) is 0 Å². The smallest absolute Gasteiger partial charge is 0.262 e. The van der Waals surface area contributed by atoms with Crippen LogP contribution >= 0.6 is 0 Å². The highest BCUT2D eigenvalue weighted by atomic mass is 16.5. The summed E-state index contributed by atoms with van der Waals surface area (Å²) in [6.07, 6.45) is 0. The van der Waals surface area contributed by atoms with Crippen molar-refractivity contribution >= 4 is 11.6 Å². The zero-order chi connectivity index (χ0) is 14.7. The van der Waals surface area contributed by atoms with Gasteiger partial charge < -0.3 is 20.3 Å². The second-order valence-corrected chi connectivity index (χ2v) is 5.54. The van der Waals surface area contributed by atoms with E-state index in [1.165, 1.54) is 0 Å². The molecule has 2 atom stereocenters. The topological polar surface area (TPSA) is 53.6 Å². The van der Waals surface area contributed by atoms with Crippen LogP contribution in [-0.2, 0) is 4.79 Å². The number of hydrogen-bond acceptors (Lipinski definition) is 4. The average Bonchev–Trinajstić information content (AvgIpc) is 2.43. The van der Waals surface area contributed by atoms with Gasteiger partial charge in [-0.15, -0.1) is 0 Å². The summed E-state index contributed by atoms with van der Waals surface area (Å²) in [5.41, 5.74) is 1.90. The number of nitrogens with zero attached hydrogens (tertiary/aromatic N) is 1. The maximum atomic E-state index is 11.3. The third-order valence-electron chi connectivity index (χ3n) is 3.74. The van der Waals surface area contributed by atoms with Gasteiger partial charge in [-0.3, -0.25) is 4.79 Å². The number of ether oxygens (including phenoxy) is 1. The Morgan fingerprint density at radius 2 is 2.15 bits per heavy atom. The van der Waals surface area contributed by atoms with E-state index in [1.54, 1.807) is 0 Å². The van der Waals surface area contributed by atoms with Crippen LogP contribution in [0.4, 0.5) is 5.69 Å². The Balaban J connectivity index is 2.02. The fourth-order valence-electron chi connectivity index (χ4n) is 2.02. The maximum absolute atomic E-state index is 11.3. The van der Waals surface area contributed by atoms with Crippen LogP contribution in [0.2, 0.25) is 0 Å². The van der Waals surface area contributed by atoms with Crippen LogP contribution in [0.3, 0.4) is 0 Å². The quantitative estimate of drug-likeness (QED) is 0.859. The number of nitrogens with one attached hydrogen (secondary N) is 2. The van der Waals surface area contributed by atoms with E-state index in [0.29, 0.717) is 6.04 Å². The van der Waals surface area contributed by atoms with E-state index in [0.717, 1.165) is 23.5 Å². The zero-order valence-electron chi connectivity index (χ0n) is 12.6. The first kappa shape index (κ1) is 14.8. The summed E-state index contributed by atoms with van der Waals surface area (Å²) in [4.78, 5) is 13.5. The second-order valence-electron chi connectivity index (χ2n) is 5.54. The summed E-state index contributed by atoms with van der Waals surface area (Å²) in [7, 11) is 4.14. The predicted molar refractivity (Wildman–Crippen MR) is 80.1 cm³/mol. The number of rotatable bonds is 5.